The summed E-state index contributed by atoms with van der Waals surface area (Å²) in [6.45, 7) is 19.7. The zero-order valence-corrected chi connectivity index (χ0v) is 81.3. The molecule has 0 aliphatic carbocycles. The molecule has 772 valence electrons. The number of nitrogens with two attached hydrogens (primary N) is 11. The maximum absolute atomic E-state index is 14.7. The molecule has 2 aliphatic heterocycles. The Hall–Kier alpha value is -11.9. The monoisotopic (exact) mass is 1930 g/mol. The molecule has 2 heterocycles. The molecular weight excluding hydrogens is 1770 g/mol. The van der Waals surface area contributed by atoms with Crippen LogP contribution in [0.25, 0.3) is 0 Å². The van der Waals surface area contributed by atoms with Crippen LogP contribution in [0.4, 0.5) is 0 Å². The van der Waals surface area contributed by atoms with Crippen molar-refractivity contribution in [3.05, 3.63) is 0 Å². The number of aliphatic imine (C=N–C) groups is 3. The smallest absolute Gasteiger partial charge is 0.326 e. The van der Waals surface area contributed by atoms with Crippen LogP contribution in [0.5, 0.6) is 0 Å². The number of aliphatic carboxylic acids is 1. The first kappa shape index (κ1) is 120. The van der Waals surface area contributed by atoms with Crippen molar-refractivity contribution < 1.29 is 91.4 Å². The number of carboxylic acid groups (broad SMARTS) is 1. The standard InChI is InChI=1S/C87H160N30O19/c1-13-49(9)67(81(132)104-52(12)70(121)107-56(29-21-39-99-85(93)94)73(124)103-51(11)69(120)106-54(27-16-19-37-89)74(125)108-57(30-22-40-100-86(95)96)76(127)112-65(47(5)6)79(130)113-66(48(7)8)80(131)115-68(84(135)136)50(10)14-2)114-77(128)58(34-35-63(92)118)105-64(119)45-102-72(123)60(44-46(3)4)111-75(126)55(28-17-20-38-90)109-78(129)61-32-24-42-116(61)83(134)62-33-25-43-117(62)82(133)59(31-23-41-101-87(97)98)110-71(122)53(91)26-15-18-36-88/h46-62,65-68H,13-45,88-91H2,1-12H3,(H2,92,118)(H,102,123)(H,103,124)(H,104,132)(H,105,119)(H,106,120)(H,107,121)(H,108,125)(H,109,129)(H,110,122)(H,111,126)(H,112,127)(H,113,130)(H,114,128)(H,115,131)(H,135,136)(H4,93,94,99)(H4,95,96,100)(H4,97,98,101)/t49-,50-,51-,52-,53-,54-,55-,56-,57-,58-,59-,60-,61-,62-,65-,66-,67-,68-/m0/s1. The third kappa shape index (κ3) is 43.8. The Labute approximate surface area is 796 Å². The van der Waals surface area contributed by atoms with Gasteiger partial charge in [0, 0.05) is 39.1 Å². The molecule has 0 saturated carbocycles. The normalized spacial score (nSPS) is 17.0. The first-order valence-corrected chi connectivity index (χ1v) is 47.5. The molecule has 136 heavy (non-hydrogen) atoms. The van der Waals surface area contributed by atoms with Crippen molar-refractivity contribution in [1.82, 2.24) is 84.2 Å². The molecule has 0 unspecified atom stereocenters. The summed E-state index contributed by atoms with van der Waals surface area (Å²) in [6, 6.07) is -20.8. The van der Waals surface area contributed by atoms with Gasteiger partial charge in [0.05, 0.1) is 12.6 Å². The number of likely N-dealkylation sites (tertiary alicyclic amines) is 2. The van der Waals surface area contributed by atoms with E-state index in [1.807, 2.05) is 0 Å². The van der Waals surface area contributed by atoms with Crippen LogP contribution in [-0.2, 0) is 86.3 Å². The summed E-state index contributed by atoms with van der Waals surface area (Å²) < 4.78 is 0. The van der Waals surface area contributed by atoms with Crippen LogP contribution in [0.15, 0.2) is 15.0 Å². The van der Waals surface area contributed by atoms with E-state index < -0.39 is 246 Å². The molecule has 2 saturated heterocycles. The van der Waals surface area contributed by atoms with E-state index in [1.165, 1.54) is 23.6 Å². The molecule has 18 atom stereocenters. The van der Waals surface area contributed by atoms with Gasteiger partial charge in [-0.3, -0.25) is 96.5 Å². The van der Waals surface area contributed by atoms with Crippen LogP contribution in [0.1, 0.15) is 237 Å². The van der Waals surface area contributed by atoms with Crippen molar-refractivity contribution in [2.45, 2.75) is 334 Å². The lowest BCUT2D eigenvalue weighted by molar-refractivity contribution is -0.148. The van der Waals surface area contributed by atoms with E-state index in [1.54, 1.807) is 69.2 Å². The van der Waals surface area contributed by atoms with Crippen molar-refractivity contribution in [2.24, 2.45) is 108 Å². The van der Waals surface area contributed by atoms with Gasteiger partial charge in [-0.25, -0.2) is 4.79 Å². The first-order chi connectivity index (χ1) is 64.1. The van der Waals surface area contributed by atoms with Gasteiger partial charge in [0.25, 0.3) is 0 Å². The number of hydrogen-bond acceptors (Lipinski definition) is 25. The van der Waals surface area contributed by atoms with E-state index in [4.69, 9.17) is 63.1 Å². The summed E-state index contributed by atoms with van der Waals surface area (Å²) >= 11 is 0. The number of carbonyl (C=O) groups is 18. The highest BCUT2D eigenvalue weighted by Gasteiger charge is 2.46. The molecule has 0 radical (unpaired) electrons. The maximum atomic E-state index is 14.7. The van der Waals surface area contributed by atoms with E-state index in [0.717, 1.165) is 0 Å². The predicted octanol–water partition coefficient (Wildman–Crippen LogP) is -6.90. The number of carbonyl (C=O) groups excluding carboxylic acids is 17. The average Bonchev–Trinajstić information content (AvgIpc) is 1.64. The molecule has 2 rings (SSSR count). The molecule has 49 nitrogen and oxygen atoms in total. The second kappa shape index (κ2) is 63.4. The van der Waals surface area contributed by atoms with Gasteiger partial charge < -0.3 is 152 Å². The number of hydrogen-bond donors (Lipinski definition) is 26. The van der Waals surface area contributed by atoms with Crippen molar-refractivity contribution in [3.63, 3.8) is 0 Å². The Morgan fingerprint density at radius 2 is 0.728 bits per heavy atom. The number of guanidine groups is 3. The zero-order valence-electron chi connectivity index (χ0n) is 81.3. The fraction of sp³-hybridized carbons (Fsp3) is 0.759. The Morgan fingerprint density at radius 1 is 0.368 bits per heavy atom. The van der Waals surface area contributed by atoms with E-state index >= 15 is 0 Å². The Balaban J connectivity index is 2.40. The molecule has 0 aromatic carbocycles. The molecule has 37 N–H and O–H groups in total. The minimum atomic E-state index is -1.59. The highest BCUT2D eigenvalue weighted by molar-refractivity contribution is 6.01. The summed E-state index contributed by atoms with van der Waals surface area (Å²) in [5.74, 6) is -18.4. The first-order valence-electron chi connectivity index (χ1n) is 47.5. The van der Waals surface area contributed by atoms with Gasteiger partial charge in [0.15, 0.2) is 17.9 Å². The fourth-order valence-electron chi connectivity index (χ4n) is 15.1. The molecule has 0 bridgehead atoms. The quantitative estimate of drug-likeness (QED) is 0.0153. The van der Waals surface area contributed by atoms with E-state index in [9.17, 15) is 91.4 Å². The molecule has 49 heteroatoms. The lowest BCUT2D eigenvalue weighted by Crippen LogP contribution is -2.61. The number of nitrogens with zero attached hydrogens (tertiary/aromatic N) is 5. The maximum Gasteiger partial charge on any atom is 0.326 e. The van der Waals surface area contributed by atoms with Gasteiger partial charge in [-0.1, -0.05) is 88.5 Å². The fourth-order valence-corrected chi connectivity index (χ4v) is 15.1. The SMILES string of the molecule is CC[C@H](C)[C@H](NC(=O)[C@@H](NC(=O)[C@@H](NC(=O)[C@H](CCCN=C(N)N)NC(=O)[C@H](CCCCN)NC(=O)[C@H](C)NC(=O)[C@H](CCCN=C(N)N)NC(=O)[C@H](C)NC(=O)[C@@H](NC(=O)[C@H](CCC(N)=O)NC(=O)CNC(=O)[C@H](CC(C)C)NC(=O)[C@H](CCCCN)NC(=O)[C@@H]1CCCN1C(=O)[C@@H]1CCCN1C(=O)[C@H](CCCN=C(N)N)NC(=O)[C@@H](N)CCCCN)[C@@H](C)CC)C(C)C)C(C)C)C(=O)O. The molecule has 2 fully saturated rings. The van der Waals surface area contributed by atoms with Crippen LogP contribution in [-0.4, -0.2) is 295 Å². The number of rotatable bonds is 66. The topological polar surface area (TPSA) is 826 Å². The third-order valence-electron chi connectivity index (χ3n) is 23.5. The zero-order chi connectivity index (χ0) is 103. The number of carboxylic acids is 1. The second-order valence-electron chi connectivity index (χ2n) is 36.0. The van der Waals surface area contributed by atoms with Gasteiger partial charge in [-0.05, 0) is 191 Å². The summed E-state index contributed by atoms with van der Waals surface area (Å²) in [7, 11) is 0. The number of amides is 17. The number of primary amides is 1. The molecule has 0 spiro atoms. The molecular formula is C87H160N30O19. The van der Waals surface area contributed by atoms with Gasteiger partial charge in [0.2, 0.25) is 100 Å². The van der Waals surface area contributed by atoms with Crippen molar-refractivity contribution in [3.8, 4) is 0 Å². The highest BCUT2D eigenvalue weighted by atomic mass is 16.4. The molecule has 0 aromatic heterocycles. The van der Waals surface area contributed by atoms with Crippen molar-refractivity contribution in [2.75, 3.05) is 58.9 Å². The van der Waals surface area contributed by atoms with Gasteiger partial charge in [0.1, 0.15) is 90.6 Å². The van der Waals surface area contributed by atoms with Gasteiger partial charge in [-0.2, -0.15) is 0 Å². The Morgan fingerprint density at radius 3 is 1.17 bits per heavy atom. The van der Waals surface area contributed by atoms with Gasteiger partial charge >= 0.3 is 5.97 Å². The Kier molecular flexibility index (Phi) is 56.1. The minimum absolute atomic E-state index is 0.00382. The molecule has 0 aromatic rings. The van der Waals surface area contributed by atoms with Crippen molar-refractivity contribution in [1.29, 1.82) is 0 Å². The van der Waals surface area contributed by atoms with E-state index in [2.05, 4.69) is 89.4 Å². The minimum Gasteiger partial charge on any atom is -0.480 e. The summed E-state index contributed by atoms with van der Waals surface area (Å²) in [5, 5.41) is 46.5. The lowest BCUT2D eigenvalue weighted by atomic mass is 9.96. The largest absolute Gasteiger partial charge is 0.480 e. The van der Waals surface area contributed by atoms with Crippen LogP contribution < -0.4 is 138 Å². The number of unbranched alkanes of at least 4 members (excludes halogenated alkanes) is 3. The van der Waals surface area contributed by atoms with E-state index in [0.29, 0.717) is 64.3 Å². The number of nitrogens with one attached hydrogen (secondary N) is 14. The van der Waals surface area contributed by atoms with Crippen LogP contribution in [0.3, 0.4) is 0 Å². The van der Waals surface area contributed by atoms with Crippen LogP contribution in [0.2, 0.25) is 0 Å². The molecule has 2 aliphatic rings. The predicted molar refractivity (Wildman–Crippen MR) is 509 cm³/mol. The lowest BCUT2D eigenvalue weighted by Gasteiger charge is -2.33. The van der Waals surface area contributed by atoms with Gasteiger partial charge in [-0.15, -0.1) is 0 Å². The third-order valence-corrected chi connectivity index (χ3v) is 23.5. The second-order valence-corrected chi connectivity index (χ2v) is 36.0. The summed E-state index contributed by atoms with van der Waals surface area (Å²) in [4.78, 5) is 267. The Bertz CT molecular complexity index is 4010. The summed E-state index contributed by atoms with van der Waals surface area (Å²) in [6.07, 6.45) is 4.27. The van der Waals surface area contributed by atoms with Crippen molar-refractivity contribution >= 4 is 124 Å². The molecule has 17 amide bonds. The average molecular weight is 1930 g/mol. The summed E-state index contributed by atoms with van der Waals surface area (Å²) in [5.41, 5.74) is 62.4. The van der Waals surface area contributed by atoms with E-state index in [-0.39, 0.29) is 153 Å². The highest BCUT2D eigenvalue weighted by Crippen LogP contribution is 2.28. The van der Waals surface area contributed by atoms with Crippen LogP contribution in [0, 0.1) is 29.6 Å². The van der Waals surface area contributed by atoms with Crippen LogP contribution >= 0.6 is 0 Å².